The third-order valence-corrected chi connectivity index (χ3v) is 3.39. The zero-order valence-electron chi connectivity index (χ0n) is 9.77. The number of nitrogens with zero attached hydrogens (tertiary/aromatic N) is 1. The average Bonchev–Trinajstić information content (AvgIpc) is 2.77. The molecule has 1 aromatic carbocycles. The SMILES string of the molecule is NC1CCN(C(=O)/C=C/c2cc(Br)ccc2F)C1. The predicted molar refractivity (Wildman–Crippen MR) is 72.3 cm³/mol. The van der Waals surface area contributed by atoms with Crippen molar-refractivity contribution in [1.82, 2.24) is 4.90 Å². The number of carbonyl (C=O) groups excluding carboxylic acids is 1. The highest BCUT2D eigenvalue weighted by atomic mass is 79.9. The minimum absolute atomic E-state index is 0.0601. The second-order valence-electron chi connectivity index (χ2n) is 4.33. The molecule has 0 aromatic heterocycles. The van der Waals surface area contributed by atoms with Crippen molar-refractivity contribution in [2.24, 2.45) is 5.73 Å². The summed E-state index contributed by atoms with van der Waals surface area (Å²) in [4.78, 5) is 13.5. The summed E-state index contributed by atoms with van der Waals surface area (Å²) in [6, 6.07) is 4.67. The second-order valence-corrected chi connectivity index (χ2v) is 5.25. The Kier molecular flexibility index (Phi) is 4.14. The van der Waals surface area contributed by atoms with Crippen LogP contribution in [0.4, 0.5) is 4.39 Å². The molecule has 1 heterocycles. The lowest BCUT2D eigenvalue weighted by atomic mass is 10.2. The van der Waals surface area contributed by atoms with Crippen LogP contribution in [0, 0.1) is 5.82 Å². The molecule has 1 aromatic rings. The molecule has 1 atom stereocenters. The summed E-state index contributed by atoms with van der Waals surface area (Å²) in [5.74, 6) is -0.470. The number of halogens is 2. The van der Waals surface area contributed by atoms with Gasteiger partial charge in [-0.2, -0.15) is 0 Å². The third-order valence-electron chi connectivity index (χ3n) is 2.90. The number of benzene rings is 1. The first kappa shape index (κ1) is 13.2. The average molecular weight is 313 g/mol. The third kappa shape index (κ3) is 3.17. The minimum atomic E-state index is -0.347. The fraction of sp³-hybridized carbons (Fsp3) is 0.308. The molecule has 1 aliphatic rings. The molecule has 0 spiro atoms. The molecule has 1 amide bonds. The monoisotopic (exact) mass is 312 g/mol. The van der Waals surface area contributed by atoms with Gasteiger partial charge in [0, 0.05) is 35.2 Å². The van der Waals surface area contributed by atoms with Gasteiger partial charge < -0.3 is 10.6 Å². The number of carbonyl (C=O) groups is 1. The number of hydrogen-bond donors (Lipinski definition) is 1. The van der Waals surface area contributed by atoms with E-state index in [-0.39, 0.29) is 17.8 Å². The maximum atomic E-state index is 13.4. The Morgan fingerprint density at radius 2 is 2.33 bits per heavy atom. The summed E-state index contributed by atoms with van der Waals surface area (Å²) >= 11 is 3.27. The molecule has 1 fully saturated rings. The second kappa shape index (κ2) is 5.63. The van der Waals surface area contributed by atoms with Crippen molar-refractivity contribution in [1.29, 1.82) is 0 Å². The maximum absolute atomic E-state index is 13.4. The van der Waals surface area contributed by atoms with E-state index in [1.165, 1.54) is 18.2 Å². The van der Waals surface area contributed by atoms with E-state index in [9.17, 15) is 9.18 Å². The van der Waals surface area contributed by atoms with Gasteiger partial charge in [-0.3, -0.25) is 4.79 Å². The maximum Gasteiger partial charge on any atom is 0.246 e. The highest BCUT2D eigenvalue weighted by Crippen LogP contribution is 2.17. The fourth-order valence-electron chi connectivity index (χ4n) is 1.90. The van der Waals surface area contributed by atoms with E-state index in [1.54, 1.807) is 17.0 Å². The summed E-state index contributed by atoms with van der Waals surface area (Å²) in [6.07, 6.45) is 3.71. The van der Waals surface area contributed by atoms with E-state index in [4.69, 9.17) is 5.73 Å². The Bertz CT molecular complexity index is 490. The minimum Gasteiger partial charge on any atom is -0.338 e. The lowest BCUT2D eigenvalue weighted by Crippen LogP contribution is -2.30. The summed E-state index contributed by atoms with van der Waals surface area (Å²) in [5.41, 5.74) is 6.12. The number of hydrogen-bond acceptors (Lipinski definition) is 2. The topological polar surface area (TPSA) is 46.3 Å². The highest BCUT2D eigenvalue weighted by Gasteiger charge is 2.21. The molecular formula is C13H14BrFN2O. The smallest absolute Gasteiger partial charge is 0.246 e. The molecular weight excluding hydrogens is 299 g/mol. The van der Waals surface area contributed by atoms with Gasteiger partial charge in [0.15, 0.2) is 0 Å². The van der Waals surface area contributed by atoms with Crippen LogP contribution in [-0.2, 0) is 4.79 Å². The van der Waals surface area contributed by atoms with Gasteiger partial charge in [-0.05, 0) is 30.7 Å². The summed E-state index contributed by atoms with van der Waals surface area (Å²) in [5, 5.41) is 0. The van der Waals surface area contributed by atoms with E-state index >= 15 is 0 Å². The number of rotatable bonds is 2. The van der Waals surface area contributed by atoms with Crippen molar-refractivity contribution in [3.63, 3.8) is 0 Å². The van der Waals surface area contributed by atoms with Crippen LogP contribution in [0.1, 0.15) is 12.0 Å². The van der Waals surface area contributed by atoms with E-state index < -0.39 is 0 Å². The van der Waals surface area contributed by atoms with Crippen molar-refractivity contribution in [2.75, 3.05) is 13.1 Å². The molecule has 1 unspecified atom stereocenters. The van der Waals surface area contributed by atoms with Crippen molar-refractivity contribution in [3.05, 3.63) is 40.1 Å². The van der Waals surface area contributed by atoms with Crippen molar-refractivity contribution in [3.8, 4) is 0 Å². The van der Waals surface area contributed by atoms with Crippen LogP contribution in [0.5, 0.6) is 0 Å². The fourth-order valence-corrected chi connectivity index (χ4v) is 2.28. The Hall–Kier alpha value is -1.20. The number of likely N-dealkylation sites (tertiary alicyclic amines) is 1. The molecule has 1 saturated heterocycles. The lowest BCUT2D eigenvalue weighted by molar-refractivity contribution is -0.124. The van der Waals surface area contributed by atoms with Crippen LogP contribution >= 0.6 is 15.9 Å². The van der Waals surface area contributed by atoms with Gasteiger partial charge in [-0.15, -0.1) is 0 Å². The molecule has 2 rings (SSSR count). The summed E-state index contributed by atoms with van der Waals surface area (Å²) in [6.45, 7) is 1.25. The van der Waals surface area contributed by atoms with Crippen LogP contribution in [0.2, 0.25) is 0 Å². The predicted octanol–water partition coefficient (Wildman–Crippen LogP) is 2.16. The van der Waals surface area contributed by atoms with Crippen LogP contribution in [0.25, 0.3) is 6.08 Å². The van der Waals surface area contributed by atoms with E-state index in [0.717, 1.165) is 10.9 Å². The van der Waals surface area contributed by atoms with E-state index in [0.29, 0.717) is 18.7 Å². The summed E-state index contributed by atoms with van der Waals surface area (Å²) < 4.78 is 14.2. The van der Waals surface area contributed by atoms with E-state index in [2.05, 4.69) is 15.9 Å². The van der Waals surface area contributed by atoms with Gasteiger partial charge >= 0.3 is 0 Å². The zero-order valence-corrected chi connectivity index (χ0v) is 11.4. The molecule has 2 N–H and O–H groups in total. The quantitative estimate of drug-likeness (QED) is 0.851. The van der Waals surface area contributed by atoms with E-state index in [1.807, 2.05) is 0 Å². The van der Waals surface area contributed by atoms with Gasteiger partial charge in [0.2, 0.25) is 5.91 Å². The molecule has 1 aliphatic heterocycles. The first-order chi connectivity index (χ1) is 8.56. The normalized spacial score (nSPS) is 19.7. The highest BCUT2D eigenvalue weighted by molar-refractivity contribution is 9.10. The van der Waals surface area contributed by atoms with Crippen LogP contribution in [0.3, 0.4) is 0 Å². The van der Waals surface area contributed by atoms with Gasteiger partial charge in [-0.1, -0.05) is 15.9 Å². The first-order valence-corrected chi connectivity index (χ1v) is 6.53. The molecule has 5 heteroatoms. The Morgan fingerprint density at radius 1 is 1.56 bits per heavy atom. The first-order valence-electron chi connectivity index (χ1n) is 5.74. The number of amides is 1. The standard InChI is InChI=1S/C13H14BrFN2O/c14-10-2-3-12(15)9(7-10)1-4-13(18)17-6-5-11(16)8-17/h1-4,7,11H,5-6,8,16H2/b4-1+. The van der Waals surface area contributed by atoms with Crippen LogP contribution in [-0.4, -0.2) is 29.9 Å². The van der Waals surface area contributed by atoms with Crippen LogP contribution < -0.4 is 5.73 Å². The van der Waals surface area contributed by atoms with Crippen molar-refractivity contribution < 1.29 is 9.18 Å². The van der Waals surface area contributed by atoms with Gasteiger partial charge in [0.25, 0.3) is 0 Å². The lowest BCUT2D eigenvalue weighted by Gasteiger charge is -2.12. The molecule has 18 heavy (non-hydrogen) atoms. The molecule has 0 radical (unpaired) electrons. The zero-order chi connectivity index (χ0) is 13.1. The molecule has 0 aliphatic carbocycles. The van der Waals surface area contributed by atoms with Crippen LogP contribution in [0.15, 0.2) is 28.7 Å². The van der Waals surface area contributed by atoms with Crippen molar-refractivity contribution >= 4 is 27.9 Å². The van der Waals surface area contributed by atoms with Gasteiger partial charge in [0.1, 0.15) is 5.82 Å². The van der Waals surface area contributed by atoms with Crippen molar-refractivity contribution in [2.45, 2.75) is 12.5 Å². The summed E-state index contributed by atoms with van der Waals surface area (Å²) in [7, 11) is 0. The van der Waals surface area contributed by atoms with Gasteiger partial charge in [0.05, 0.1) is 0 Å². The largest absolute Gasteiger partial charge is 0.338 e. The Morgan fingerprint density at radius 3 is 3.00 bits per heavy atom. The molecule has 3 nitrogen and oxygen atoms in total. The number of nitrogens with two attached hydrogens (primary N) is 1. The Balaban J connectivity index is 2.06. The molecule has 0 saturated carbocycles. The Labute approximate surface area is 114 Å². The molecule has 0 bridgehead atoms. The molecule has 96 valence electrons. The van der Waals surface area contributed by atoms with Gasteiger partial charge in [-0.25, -0.2) is 4.39 Å².